The van der Waals surface area contributed by atoms with Crippen LogP contribution in [0, 0.1) is 0 Å². The van der Waals surface area contributed by atoms with Crippen LogP contribution in [0.1, 0.15) is 23.8 Å². The number of hydrogen-bond acceptors (Lipinski definition) is 3. The summed E-state index contributed by atoms with van der Waals surface area (Å²) in [5.74, 6) is 0. The first-order valence-corrected chi connectivity index (χ1v) is 7.53. The van der Waals surface area contributed by atoms with Crippen molar-refractivity contribution in [3.8, 4) is 0 Å². The molecule has 2 aromatic rings. The normalized spacial score (nSPS) is 15.9. The van der Waals surface area contributed by atoms with Gasteiger partial charge in [-0.15, -0.1) is 11.3 Å². The van der Waals surface area contributed by atoms with E-state index in [4.69, 9.17) is 5.73 Å². The van der Waals surface area contributed by atoms with E-state index in [9.17, 15) is 5.11 Å². The molecule has 102 valence electrons. The van der Waals surface area contributed by atoms with Gasteiger partial charge in [-0.2, -0.15) is 0 Å². The van der Waals surface area contributed by atoms with Gasteiger partial charge in [-0.1, -0.05) is 36.4 Å². The molecule has 0 bridgehead atoms. The molecule has 0 saturated carbocycles. The first-order valence-electron chi connectivity index (χ1n) is 6.65. The van der Waals surface area contributed by atoms with Gasteiger partial charge in [-0.3, -0.25) is 0 Å². The molecule has 19 heavy (non-hydrogen) atoms. The largest absolute Gasteiger partial charge is 0.392 e. The second-order valence-corrected chi connectivity index (χ2v) is 6.01. The molecular weight excluding hydrogens is 254 g/mol. The van der Waals surface area contributed by atoms with Crippen LogP contribution >= 0.6 is 11.3 Å². The van der Waals surface area contributed by atoms with E-state index in [0.29, 0.717) is 6.54 Å². The Morgan fingerprint density at radius 1 is 1.21 bits per heavy atom. The van der Waals surface area contributed by atoms with Crippen LogP contribution in [-0.4, -0.2) is 17.8 Å². The van der Waals surface area contributed by atoms with Crippen molar-refractivity contribution in [2.45, 2.75) is 31.3 Å². The van der Waals surface area contributed by atoms with Gasteiger partial charge in [0.2, 0.25) is 0 Å². The quantitative estimate of drug-likeness (QED) is 0.851. The van der Waals surface area contributed by atoms with Crippen LogP contribution in [0.3, 0.4) is 0 Å². The highest BCUT2D eigenvalue weighted by Crippen LogP contribution is 2.33. The Balaban J connectivity index is 2.24. The zero-order valence-corrected chi connectivity index (χ0v) is 12.1. The van der Waals surface area contributed by atoms with Gasteiger partial charge in [0.1, 0.15) is 0 Å². The van der Waals surface area contributed by atoms with Gasteiger partial charge in [-0.25, -0.2) is 0 Å². The van der Waals surface area contributed by atoms with Gasteiger partial charge in [0.25, 0.3) is 0 Å². The van der Waals surface area contributed by atoms with Gasteiger partial charge >= 0.3 is 0 Å². The third-order valence-corrected chi connectivity index (χ3v) is 4.85. The highest BCUT2D eigenvalue weighted by atomic mass is 32.1. The summed E-state index contributed by atoms with van der Waals surface area (Å²) < 4.78 is 0. The Bertz CT molecular complexity index is 481. The van der Waals surface area contributed by atoms with E-state index in [1.165, 1.54) is 4.88 Å². The molecule has 0 saturated heterocycles. The summed E-state index contributed by atoms with van der Waals surface area (Å²) in [5.41, 5.74) is 6.80. The molecule has 0 aliphatic heterocycles. The van der Waals surface area contributed by atoms with E-state index in [2.05, 4.69) is 29.6 Å². The molecule has 0 aliphatic carbocycles. The maximum Gasteiger partial charge on any atom is 0.0620 e. The van der Waals surface area contributed by atoms with E-state index in [-0.39, 0.29) is 5.41 Å². The van der Waals surface area contributed by atoms with Crippen LogP contribution in [0.2, 0.25) is 0 Å². The fraction of sp³-hybridized carbons (Fsp3) is 0.375. The fourth-order valence-electron chi connectivity index (χ4n) is 2.56. The van der Waals surface area contributed by atoms with Gasteiger partial charge in [0, 0.05) is 16.8 Å². The number of aliphatic hydroxyl groups excluding tert-OH is 1. The SMILES string of the molecule is CC(O)C(CN)(CCc1cccs1)c1ccccc1. The second-order valence-electron chi connectivity index (χ2n) is 4.98. The zero-order valence-electron chi connectivity index (χ0n) is 11.3. The molecule has 1 aromatic carbocycles. The number of thiophene rings is 1. The number of aryl methyl sites for hydroxylation is 1. The summed E-state index contributed by atoms with van der Waals surface area (Å²) in [6, 6.07) is 14.3. The average Bonchev–Trinajstić information content (AvgIpc) is 2.94. The maximum atomic E-state index is 10.3. The Morgan fingerprint density at radius 3 is 2.47 bits per heavy atom. The molecule has 0 aliphatic rings. The van der Waals surface area contributed by atoms with E-state index < -0.39 is 6.10 Å². The minimum atomic E-state index is -0.458. The minimum Gasteiger partial charge on any atom is -0.392 e. The second kappa shape index (κ2) is 6.33. The van der Waals surface area contributed by atoms with E-state index in [1.54, 1.807) is 11.3 Å². The molecule has 3 N–H and O–H groups in total. The predicted octanol–water partition coefficient (Wildman–Crippen LogP) is 2.96. The number of rotatable bonds is 6. The van der Waals surface area contributed by atoms with Crippen LogP contribution < -0.4 is 5.73 Å². The third-order valence-electron chi connectivity index (χ3n) is 3.91. The molecule has 2 nitrogen and oxygen atoms in total. The van der Waals surface area contributed by atoms with Crippen molar-refractivity contribution in [3.63, 3.8) is 0 Å². The summed E-state index contributed by atoms with van der Waals surface area (Å²) in [5, 5.41) is 12.4. The summed E-state index contributed by atoms with van der Waals surface area (Å²) in [6.45, 7) is 2.30. The minimum absolute atomic E-state index is 0.356. The molecule has 2 unspecified atom stereocenters. The number of aliphatic hydroxyl groups is 1. The summed E-state index contributed by atoms with van der Waals surface area (Å²) in [6.07, 6.45) is 1.36. The number of hydrogen-bond donors (Lipinski definition) is 2. The molecule has 0 amide bonds. The fourth-order valence-corrected chi connectivity index (χ4v) is 3.27. The Kier molecular flexibility index (Phi) is 4.75. The van der Waals surface area contributed by atoms with Crippen molar-refractivity contribution < 1.29 is 5.11 Å². The lowest BCUT2D eigenvalue weighted by molar-refractivity contribution is 0.0946. The molecule has 0 fully saturated rings. The number of nitrogens with two attached hydrogens (primary N) is 1. The highest BCUT2D eigenvalue weighted by Gasteiger charge is 2.35. The van der Waals surface area contributed by atoms with Crippen molar-refractivity contribution in [2.75, 3.05) is 6.54 Å². The van der Waals surface area contributed by atoms with Crippen molar-refractivity contribution in [1.29, 1.82) is 0 Å². The zero-order chi connectivity index (χ0) is 13.7. The summed E-state index contributed by atoms with van der Waals surface area (Å²) in [7, 11) is 0. The molecule has 0 spiro atoms. The molecule has 3 heteroatoms. The Hall–Kier alpha value is -1.16. The van der Waals surface area contributed by atoms with E-state index in [0.717, 1.165) is 18.4 Å². The first kappa shape index (κ1) is 14.3. The standard InChI is InChI=1S/C16H21NOS/c1-13(18)16(12-17,14-6-3-2-4-7-14)10-9-15-8-5-11-19-15/h2-8,11,13,18H,9-10,12,17H2,1H3. The van der Waals surface area contributed by atoms with E-state index >= 15 is 0 Å². The maximum absolute atomic E-state index is 10.3. The Morgan fingerprint density at radius 2 is 1.95 bits per heavy atom. The lowest BCUT2D eigenvalue weighted by atomic mass is 9.72. The highest BCUT2D eigenvalue weighted by molar-refractivity contribution is 7.09. The van der Waals surface area contributed by atoms with Crippen LogP contribution in [0.4, 0.5) is 0 Å². The third kappa shape index (κ3) is 3.06. The van der Waals surface area contributed by atoms with Crippen LogP contribution in [0.5, 0.6) is 0 Å². The van der Waals surface area contributed by atoms with Gasteiger partial charge in [0.15, 0.2) is 0 Å². The van der Waals surface area contributed by atoms with E-state index in [1.807, 2.05) is 25.1 Å². The van der Waals surface area contributed by atoms with Crippen molar-refractivity contribution >= 4 is 11.3 Å². The van der Waals surface area contributed by atoms with Crippen LogP contribution in [0.25, 0.3) is 0 Å². The lowest BCUT2D eigenvalue weighted by Crippen LogP contribution is -2.45. The molecule has 2 atom stereocenters. The smallest absolute Gasteiger partial charge is 0.0620 e. The van der Waals surface area contributed by atoms with Crippen molar-refractivity contribution in [3.05, 3.63) is 58.3 Å². The Labute approximate surface area is 118 Å². The molecular formula is C16H21NOS. The van der Waals surface area contributed by atoms with Crippen molar-refractivity contribution in [2.24, 2.45) is 5.73 Å². The molecule has 2 rings (SSSR count). The topological polar surface area (TPSA) is 46.2 Å². The number of benzene rings is 1. The van der Waals surface area contributed by atoms with Gasteiger partial charge < -0.3 is 10.8 Å². The summed E-state index contributed by atoms with van der Waals surface area (Å²) in [4.78, 5) is 1.34. The molecule has 0 radical (unpaired) electrons. The molecule has 1 aromatic heterocycles. The first-order chi connectivity index (χ1) is 9.19. The van der Waals surface area contributed by atoms with Crippen LogP contribution in [-0.2, 0) is 11.8 Å². The molecule has 1 heterocycles. The van der Waals surface area contributed by atoms with Crippen molar-refractivity contribution in [1.82, 2.24) is 0 Å². The predicted molar refractivity (Wildman–Crippen MR) is 81.5 cm³/mol. The van der Waals surface area contributed by atoms with Gasteiger partial charge in [0.05, 0.1) is 6.10 Å². The summed E-state index contributed by atoms with van der Waals surface area (Å²) >= 11 is 1.76. The average molecular weight is 275 g/mol. The van der Waals surface area contributed by atoms with Crippen LogP contribution in [0.15, 0.2) is 47.8 Å². The monoisotopic (exact) mass is 275 g/mol. The lowest BCUT2D eigenvalue weighted by Gasteiger charge is -2.36. The van der Waals surface area contributed by atoms with Gasteiger partial charge in [-0.05, 0) is 36.8 Å².